The minimum absolute atomic E-state index is 0.0140. The number of rotatable bonds is 9. The Morgan fingerprint density at radius 2 is 1.59 bits per heavy atom. The van der Waals surface area contributed by atoms with Crippen LogP contribution in [0, 0.1) is 11.7 Å². The monoisotopic (exact) mass is 620 g/mol. The van der Waals surface area contributed by atoms with E-state index in [2.05, 4.69) is 45.0 Å². The number of halogens is 1. The first-order chi connectivity index (χ1) is 21.0. The maximum absolute atomic E-state index is 14.5. The molecule has 3 aromatic rings. The molecule has 0 bridgehead atoms. The van der Waals surface area contributed by atoms with Gasteiger partial charge in [-0.15, -0.1) is 11.8 Å². The summed E-state index contributed by atoms with van der Waals surface area (Å²) < 4.78 is 14.5. The number of benzene rings is 3. The van der Waals surface area contributed by atoms with Gasteiger partial charge in [0.15, 0.2) is 0 Å². The zero-order valence-corrected chi connectivity index (χ0v) is 27.0. The molecule has 2 amide bonds. The van der Waals surface area contributed by atoms with Gasteiger partial charge < -0.3 is 0 Å². The summed E-state index contributed by atoms with van der Waals surface area (Å²) in [5, 5.41) is 21.0. The van der Waals surface area contributed by atoms with Gasteiger partial charge >= 0.3 is 0 Å². The second-order valence-electron chi connectivity index (χ2n) is 12.5. The van der Waals surface area contributed by atoms with E-state index in [1.165, 1.54) is 22.9 Å². The molecule has 2 fully saturated rings. The normalized spacial score (nSPS) is 20.0. The molecule has 0 aliphatic carbocycles. The van der Waals surface area contributed by atoms with Crippen molar-refractivity contribution < 1.29 is 24.4 Å². The molecule has 3 aromatic carbocycles. The maximum atomic E-state index is 14.5. The first-order valence-corrected chi connectivity index (χ1v) is 16.6. The Bertz CT molecular complexity index is 1380. The van der Waals surface area contributed by atoms with E-state index in [0.717, 1.165) is 46.9 Å². The minimum atomic E-state index is -0.274. The van der Waals surface area contributed by atoms with Crippen molar-refractivity contribution in [2.24, 2.45) is 5.92 Å². The molecule has 236 valence electrons. The van der Waals surface area contributed by atoms with Gasteiger partial charge in [0.05, 0.1) is 18.3 Å². The molecule has 44 heavy (non-hydrogen) atoms. The van der Waals surface area contributed by atoms with Crippen molar-refractivity contribution in [1.29, 1.82) is 0 Å². The highest BCUT2D eigenvalue weighted by Crippen LogP contribution is 2.34. The van der Waals surface area contributed by atoms with Crippen LogP contribution in [0.2, 0.25) is 0 Å². The highest BCUT2D eigenvalue weighted by molar-refractivity contribution is 8.00. The van der Waals surface area contributed by atoms with E-state index >= 15 is 0 Å². The third-order valence-electron chi connectivity index (χ3n) is 8.64. The van der Waals surface area contributed by atoms with E-state index in [-0.39, 0.29) is 47.1 Å². The van der Waals surface area contributed by atoms with Crippen LogP contribution in [-0.4, -0.2) is 55.9 Å². The number of hydrogen-bond acceptors (Lipinski definition) is 5. The van der Waals surface area contributed by atoms with Crippen LogP contribution in [-0.2, 0) is 16.0 Å². The van der Waals surface area contributed by atoms with Crippen molar-refractivity contribution in [2.75, 3.05) is 12.3 Å². The fourth-order valence-electron chi connectivity index (χ4n) is 5.82. The van der Waals surface area contributed by atoms with E-state index in [9.17, 15) is 24.4 Å². The number of carbonyl (C=O) groups is 2. The van der Waals surface area contributed by atoms with Crippen molar-refractivity contribution >= 4 is 23.6 Å². The molecule has 2 N–H and O–H groups in total. The maximum Gasteiger partial charge on any atom is 0.255 e. The van der Waals surface area contributed by atoms with E-state index in [1.807, 2.05) is 43.3 Å². The molecule has 2 heterocycles. The number of hydroxylamine groups is 4. The smallest absolute Gasteiger partial charge is 0.255 e. The highest BCUT2D eigenvalue weighted by atomic mass is 32.2. The Hall–Kier alpha value is -3.20. The van der Waals surface area contributed by atoms with Crippen molar-refractivity contribution in [3.8, 4) is 11.1 Å². The van der Waals surface area contributed by atoms with Crippen LogP contribution in [0.25, 0.3) is 11.1 Å². The summed E-state index contributed by atoms with van der Waals surface area (Å²) in [7, 11) is 0. The van der Waals surface area contributed by atoms with Gasteiger partial charge in [0, 0.05) is 17.2 Å². The van der Waals surface area contributed by atoms with Crippen molar-refractivity contribution in [1.82, 2.24) is 10.1 Å². The third kappa shape index (κ3) is 8.93. The van der Waals surface area contributed by atoms with Gasteiger partial charge in [-0.3, -0.25) is 20.0 Å². The van der Waals surface area contributed by atoms with Gasteiger partial charge in [-0.05, 0) is 71.8 Å². The molecule has 2 aliphatic rings. The molecule has 4 unspecified atom stereocenters. The zero-order valence-electron chi connectivity index (χ0n) is 26.2. The summed E-state index contributed by atoms with van der Waals surface area (Å²) in [6.45, 7) is 8.96. The average Bonchev–Trinajstić information content (AvgIpc) is 3.34. The van der Waals surface area contributed by atoms with Crippen LogP contribution in [0.1, 0.15) is 81.9 Å². The number of carbonyl (C=O) groups excluding carboxylic acids is 2. The summed E-state index contributed by atoms with van der Waals surface area (Å²) >= 11 is 1.51. The highest BCUT2D eigenvalue weighted by Gasteiger charge is 2.31. The Balaban J connectivity index is 0.000000202. The van der Waals surface area contributed by atoms with Gasteiger partial charge in [-0.2, -0.15) is 0 Å². The lowest BCUT2D eigenvalue weighted by molar-refractivity contribution is -0.165. The Morgan fingerprint density at radius 3 is 2.18 bits per heavy atom. The van der Waals surface area contributed by atoms with E-state index in [0.29, 0.717) is 23.8 Å². The predicted molar refractivity (Wildman–Crippen MR) is 174 cm³/mol. The molecule has 0 aromatic heterocycles. The Morgan fingerprint density at radius 1 is 0.909 bits per heavy atom. The van der Waals surface area contributed by atoms with Gasteiger partial charge in [0.1, 0.15) is 5.82 Å². The molecule has 0 saturated carbocycles. The first-order valence-electron chi connectivity index (χ1n) is 15.6. The van der Waals surface area contributed by atoms with Crippen molar-refractivity contribution in [2.45, 2.75) is 82.9 Å². The van der Waals surface area contributed by atoms with Crippen LogP contribution in [0.3, 0.4) is 0 Å². The van der Waals surface area contributed by atoms with Gasteiger partial charge in [0.25, 0.3) is 5.91 Å². The van der Waals surface area contributed by atoms with E-state index in [4.69, 9.17) is 0 Å². The fourth-order valence-corrected chi connectivity index (χ4v) is 7.02. The molecule has 5 rings (SSSR count). The molecule has 0 radical (unpaired) electrons. The second-order valence-corrected chi connectivity index (χ2v) is 13.7. The lowest BCUT2D eigenvalue weighted by Crippen LogP contribution is -2.41. The second kappa shape index (κ2) is 15.7. The van der Waals surface area contributed by atoms with Gasteiger partial charge in [-0.1, -0.05) is 94.4 Å². The minimum Gasteiger partial charge on any atom is -0.286 e. The number of hydrogen-bond donors (Lipinski definition) is 2. The lowest BCUT2D eigenvalue weighted by Gasteiger charge is -2.31. The molecule has 2 saturated heterocycles. The quantitative estimate of drug-likeness (QED) is 0.237. The molecule has 0 spiro atoms. The van der Waals surface area contributed by atoms with Crippen LogP contribution in [0.15, 0.2) is 72.8 Å². The first kappa shape index (κ1) is 33.7. The Kier molecular flexibility index (Phi) is 12.0. The molecular formula is C36H45FN2O4S. The Labute approximate surface area is 265 Å². The topological polar surface area (TPSA) is 81.1 Å². The van der Waals surface area contributed by atoms with Crippen LogP contribution >= 0.6 is 11.8 Å². The number of thioether (sulfide) groups is 1. The van der Waals surface area contributed by atoms with Gasteiger partial charge in [-0.25, -0.2) is 14.5 Å². The average molecular weight is 621 g/mol. The van der Waals surface area contributed by atoms with Crippen LogP contribution < -0.4 is 0 Å². The molecule has 4 atom stereocenters. The molecule has 2 aliphatic heterocycles. The number of amides is 2. The largest absolute Gasteiger partial charge is 0.286 e. The fraction of sp³-hybridized carbons (Fsp3) is 0.444. The molecular weight excluding hydrogens is 575 g/mol. The molecule has 6 nitrogen and oxygen atoms in total. The summed E-state index contributed by atoms with van der Waals surface area (Å²) in [4.78, 5) is 22.7. The van der Waals surface area contributed by atoms with Gasteiger partial charge in [0.2, 0.25) is 5.91 Å². The van der Waals surface area contributed by atoms with Crippen LogP contribution in [0.5, 0.6) is 0 Å². The van der Waals surface area contributed by atoms with E-state index < -0.39 is 0 Å². The SMILES string of the molecule is CC(C)Cc1ccc(C(C)CCC2CCC(=O)N2O)cc1.CC(c1ccc(-c2ccccc2)c(F)c1)C1CN(O)C(=O)CS1. The summed E-state index contributed by atoms with van der Waals surface area (Å²) in [5.41, 5.74) is 5.04. The van der Waals surface area contributed by atoms with Crippen LogP contribution in [0.4, 0.5) is 4.39 Å². The zero-order chi connectivity index (χ0) is 31.8. The number of nitrogens with zero attached hydrogens (tertiary/aromatic N) is 2. The lowest BCUT2D eigenvalue weighted by atomic mass is 9.92. The van der Waals surface area contributed by atoms with Crippen molar-refractivity contribution in [3.63, 3.8) is 0 Å². The molecule has 8 heteroatoms. The summed E-state index contributed by atoms with van der Waals surface area (Å²) in [5.74, 6) is 0.789. The third-order valence-corrected chi connectivity index (χ3v) is 10.0. The predicted octanol–water partition coefficient (Wildman–Crippen LogP) is 8.08. The van der Waals surface area contributed by atoms with Crippen molar-refractivity contribution in [3.05, 3.63) is 95.3 Å². The summed E-state index contributed by atoms with van der Waals surface area (Å²) in [6, 6.07) is 23.6. The standard InChI is InChI=1S/C18H18FNO2S.C18H27NO2/c1-12(17-10-20(22)18(21)11-23-17)14-7-8-15(16(19)9-14)13-5-3-2-4-6-13;1-13(2)12-15-5-7-16(8-6-15)14(3)4-9-17-10-11-18(20)19(17)21/h2-9,12,17,22H,10-11H2,1H3;5-8,13-14,17,21H,4,9-12H2,1-3H3. The summed E-state index contributed by atoms with van der Waals surface area (Å²) in [6.07, 6.45) is 4.27. The van der Waals surface area contributed by atoms with E-state index in [1.54, 1.807) is 12.1 Å².